The lowest BCUT2D eigenvalue weighted by atomic mass is 10.1. The van der Waals surface area contributed by atoms with Gasteiger partial charge in [0.1, 0.15) is 6.42 Å². The maximum atomic E-state index is 11.3. The van der Waals surface area contributed by atoms with E-state index in [2.05, 4.69) is 5.32 Å². The lowest BCUT2D eigenvalue weighted by Gasteiger charge is -2.19. The Bertz CT molecular complexity index is 231. The normalized spacial score (nSPS) is 20.9. The summed E-state index contributed by atoms with van der Waals surface area (Å²) in [6.45, 7) is 4.01. The highest BCUT2D eigenvalue weighted by molar-refractivity contribution is 5.85. The van der Waals surface area contributed by atoms with Crippen molar-refractivity contribution in [3.63, 3.8) is 0 Å². The van der Waals surface area contributed by atoms with Crippen molar-refractivity contribution in [1.82, 2.24) is 5.32 Å². The van der Waals surface area contributed by atoms with E-state index in [-0.39, 0.29) is 24.3 Å². The molecule has 1 fully saturated rings. The Morgan fingerprint density at radius 2 is 2.47 bits per heavy atom. The van der Waals surface area contributed by atoms with Gasteiger partial charge in [-0.1, -0.05) is 13.3 Å². The number of piperazine rings is 1. The number of rotatable bonds is 5. The van der Waals surface area contributed by atoms with Gasteiger partial charge in [-0.15, -0.1) is 0 Å². The molecule has 86 valence electrons. The van der Waals surface area contributed by atoms with Gasteiger partial charge in [0.25, 0.3) is 5.91 Å². The number of unbranched alkanes of at least 4 members (excludes halogenated alkanes) is 1. The lowest BCUT2D eigenvalue weighted by Crippen LogP contribution is -2.96. The zero-order valence-electron chi connectivity index (χ0n) is 9.12. The first-order valence-corrected chi connectivity index (χ1v) is 5.50. The molecule has 3 N–H and O–H groups in total. The van der Waals surface area contributed by atoms with E-state index >= 15 is 0 Å². The van der Waals surface area contributed by atoms with Gasteiger partial charge in [-0.25, -0.2) is 0 Å². The fraction of sp³-hybridized carbons (Fsp3) is 0.800. The van der Waals surface area contributed by atoms with Gasteiger partial charge in [-0.3, -0.25) is 9.59 Å². The van der Waals surface area contributed by atoms with Crippen LogP contribution in [0, 0.1) is 0 Å². The molecule has 0 aromatic carbocycles. The second kappa shape index (κ2) is 6.40. The standard InChI is InChI=1S/C10H18N2O3/c1-2-3-6-15-9(13)7-8-10(14)12-5-4-11-8/h8,11H,2-7H2,1H3,(H,12,14)/p+1/t8-/m0/s1. The van der Waals surface area contributed by atoms with Crippen LogP contribution in [-0.2, 0) is 14.3 Å². The molecule has 5 nitrogen and oxygen atoms in total. The molecule has 0 unspecified atom stereocenters. The number of hydrogen-bond acceptors (Lipinski definition) is 3. The molecule has 5 heteroatoms. The molecule has 1 heterocycles. The Hall–Kier alpha value is -1.10. The minimum absolute atomic E-state index is 0.0614. The maximum Gasteiger partial charge on any atom is 0.312 e. The van der Waals surface area contributed by atoms with E-state index in [0.717, 1.165) is 19.4 Å². The van der Waals surface area contributed by atoms with Crippen LogP contribution in [0.25, 0.3) is 0 Å². The van der Waals surface area contributed by atoms with E-state index in [1.54, 1.807) is 0 Å². The van der Waals surface area contributed by atoms with Gasteiger partial charge in [0.2, 0.25) is 0 Å². The van der Waals surface area contributed by atoms with Gasteiger partial charge >= 0.3 is 5.97 Å². The maximum absolute atomic E-state index is 11.3. The number of hydrogen-bond donors (Lipinski definition) is 2. The number of quaternary nitrogens is 1. The summed E-state index contributed by atoms with van der Waals surface area (Å²) < 4.78 is 4.99. The van der Waals surface area contributed by atoms with Gasteiger partial charge in [0.05, 0.1) is 19.7 Å². The summed E-state index contributed by atoms with van der Waals surface area (Å²) in [5.41, 5.74) is 0. The molecule has 1 aliphatic heterocycles. The van der Waals surface area contributed by atoms with E-state index in [9.17, 15) is 9.59 Å². The molecule has 0 bridgehead atoms. The van der Waals surface area contributed by atoms with Gasteiger partial charge in [0, 0.05) is 0 Å². The van der Waals surface area contributed by atoms with E-state index in [0.29, 0.717) is 13.2 Å². The highest BCUT2D eigenvalue weighted by Gasteiger charge is 2.28. The number of amides is 1. The molecule has 0 spiro atoms. The Kier molecular flexibility index (Phi) is 5.10. The van der Waals surface area contributed by atoms with Gasteiger partial charge in [0.15, 0.2) is 6.04 Å². The van der Waals surface area contributed by atoms with E-state index in [1.807, 2.05) is 12.2 Å². The summed E-state index contributed by atoms with van der Waals surface area (Å²) in [5, 5.41) is 4.62. The molecular formula is C10H19N2O3+. The van der Waals surface area contributed by atoms with Crippen molar-refractivity contribution in [2.45, 2.75) is 32.2 Å². The third-order valence-electron chi connectivity index (χ3n) is 2.38. The molecule has 1 aliphatic rings. The molecule has 0 saturated carbocycles. The third-order valence-corrected chi connectivity index (χ3v) is 2.38. The predicted octanol–water partition coefficient (Wildman–Crippen LogP) is -1.22. The zero-order valence-corrected chi connectivity index (χ0v) is 9.12. The van der Waals surface area contributed by atoms with Crippen LogP contribution in [0.2, 0.25) is 0 Å². The van der Waals surface area contributed by atoms with Crippen LogP contribution in [0.15, 0.2) is 0 Å². The molecule has 0 radical (unpaired) electrons. The second-order valence-corrected chi connectivity index (χ2v) is 3.70. The second-order valence-electron chi connectivity index (χ2n) is 3.70. The number of carbonyl (C=O) groups is 2. The van der Waals surface area contributed by atoms with Crippen molar-refractivity contribution in [3.05, 3.63) is 0 Å². The van der Waals surface area contributed by atoms with E-state index < -0.39 is 0 Å². The van der Waals surface area contributed by atoms with Crippen molar-refractivity contribution in [2.24, 2.45) is 0 Å². The van der Waals surface area contributed by atoms with Crippen LogP contribution in [0.3, 0.4) is 0 Å². The fourth-order valence-corrected chi connectivity index (χ4v) is 1.46. The number of carbonyl (C=O) groups excluding carboxylic acids is 2. The third kappa shape index (κ3) is 4.29. The van der Waals surface area contributed by atoms with E-state index in [1.165, 1.54) is 0 Å². The fourth-order valence-electron chi connectivity index (χ4n) is 1.46. The van der Waals surface area contributed by atoms with Crippen molar-refractivity contribution >= 4 is 11.9 Å². The number of ether oxygens (including phenoxy) is 1. The van der Waals surface area contributed by atoms with E-state index in [4.69, 9.17) is 4.74 Å². The molecule has 0 aromatic heterocycles. The smallest absolute Gasteiger partial charge is 0.312 e. The van der Waals surface area contributed by atoms with Crippen LogP contribution in [0.5, 0.6) is 0 Å². The summed E-state index contributed by atoms with van der Waals surface area (Å²) in [6, 6.07) is -0.298. The number of esters is 1. The minimum Gasteiger partial charge on any atom is -0.465 e. The summed E-state index contributed by atoms with van der Waals surface area (Å²) in [7, 11) is 0. The van der Waals surface area contributed by atoms with Gasteiger partial charge in [-0.2, -0.15) is 0 Å². The summed E-state index contributed by atoms with van der Waals surface area (Å²) in [6.07, 6.45) is 2.06. The average molecular weight is 215 g/mol. The van der Waals surface area contributed by atoms with Crippen molar-refractivity contribution in [2.75, 3.05) is 19.7 Å². The molecule has 1 saturated heterocycles. The van der Waals surface area contributed by atoms with Gasteiger partial charge < -0.3 is 15.4 Å². The van der Waals surface area contributed by atoms with Crippen LogP contribution >= 0.6 is 0 Å². The predicted molar refractivity (Wildman–Crippen MR) is 54.1 cm³/mol. The zero-order chi connectivity index (χ0) is 11.1. The molecule has 1 amide bonds. The Morgan fingerprint density at radius 3 is 3.13 bits per heavy atom. The Labute approximate surface area is 89.6 Å². The number of nitrogens with one attached hydrogen (secondary N) is 1. The topological polar surface area (TPSA) is 72.0 Å². The highest BCUT2D eigenvalue weighted by atomic mass is 16.5. The van der Waals surface area contributed by atoms with Crippen LogP contribution in [-0.4, -0.2) is 37.6 Å². The molecular weight excluding hydrogens is 196 g/mol. The molecule has 1 rings (SSSR count). The largest absolute Gasteiger partial charge is 0.465 e. The average Bonchev–Trinajstić information content (AvgIpc) is 2.22. The summed E-state index contributed by atoms with van der Waals surface area (Å²) in [5.74, 6) is -0.338. The summed E-state index contributed by atoms with van der Waals surface area (Å²) >= 11 is 0. The lowest BCUT2D eigenvalue weighted by molar-refractivity contribution is -0.678. The van der Waals surface area contributed by atoms with Crippen LogP contribution in [0.4, 0.5) is 0 Å². The quantitative estimate of drug-likeness (QED) is 0.446. The first-order chi connectivity index (χ1) is 7.24. The monoisotopic (exact) mass is 215 g/mol. The molecule has 15 heavy (non-hydrogen) atoms. The first-order valence-electron chi connectivity index (χ1n) is 5.50. The van der Waals surface area contributed by atoms with Crippen LogP contribution in [0.1, 0.15) is 26.2 Å². The highest BCUT2D eigenvalue weighted by Crippen LogP contribution is 1.95. The van der Waals surface area contributed by atoms with Crippen molar-refractivity contribution < 1.29 is 19.6 Å². The van der Waals surface area contributed by atoms with Crippen molar-refractivity contribution in [3.8, 4) is 0 Å². The minimum atomic E-state index is -0.298. The first kappa shape index (κ1) is 12.0. The van der Waals surface area contributed by atoms with Crippen LogP contribution < -0.4 is 10.6 Å². The Morgan fingerprint density at radius 1 is 1.67 bits per heavy atom. The van der Waals surface area contributed by atoms with Gasteiger partial charge in [-0.05, 0) is 6.42 Å². The molecule has 0 aromatic rings. The van der Waals surface area contributed by atoms with Crippen molar-refractivity contribution in [1.29, 1.82) is 0 Å². The Balaban J connectivity index is 2.21. The summed E-state index contributed by atoms with van der Waals surface area (Å²) in [4.78, 5) is 22.6. The molecule has 1 atom stereocenters. The SMILES string of the molecule is CCCCOC(=O)C[C@@H]1[NH2+]CCNC1=O. The molecule has 0 aliphatic carbocycles. The number of nitrogens with two attached hydrogens (primary N) is 1.